The van der Waals surface area contributed by atoms with Crippen LogP contribution in [0.25, 0.3) is 11.1 Å². The second-order valence-electron chi connectivity index (χ2n) is 5.79. The van der Waals surface area contributed by atoms with E-state index in [0.717, 1.165) is 36.7 Å². The fourth-order valence-electron chi connectivity index (χ4n) is 3.34. The van der Waals surface area contributed by atoms with Gasteiger partial charge >= 0.3 is 0 Å². The Morgan fingerprint density at radius 3 is 2.90 bits per heavy atom. The summed E-state index contributed by atoms with van der Waals surface area (Å²) in [5.41, 5.74) is 3.49. The van der Waals surface area contributed by atoms with Crippen LogP contribution < -0.4 is 10.2 Å². The minimum absolute atomic E-state index is 0.649. The van der Waals surface area contributed by atoms with E-state index < -0.39 is 0 Å². The Kier molecular flexibility index (Phi) is 2.89. The minimum atomic E-state index is 0.649. The Bertz CT molecular complexity index is 586. The molecule has 0 radical (unpaired) electrons. The van der Waals surface area contributed by atoms with E-state index in [2.05, 4.69) is 32.3 Å². The van der Waals surface area contributed by atoms with Crippen molar-refractivity contribution < 1.29 is 0 Å². The van der Waals surface area contributed by atoms with E-state index in [0.29, 0.717) is 6.04 Å². The number of pyridine rings is 2. The van der Waals surface area contributed by atoms with Crippen molar-refractivity contribution in [2.24, 2.45) is 5.92 Å². The monoisotopic (exact) mass is 266 g/mol. The number of anilines is 1. The molecule has 0 saturated carbocycles. The molecule has 2 aliphatic heterocycles. The molecule has 2 unspecified atom stereocenters. The Hall–Kier alpha value is -1.94. The Balaban J connectivity index is 1.63. The maximum absolute atomic E-state index is 4.42. The molecule has 1 N–H and O–H groups in total. The highest BCUT2D eigenvalue weighted by atomic mass is 15.2. The summed E-state index contributed by atoms with van der Waals surface area (Å²) < 4.78 is 0. The van der Waals surface area contributed by atoms with Gasteiger partial charge in [0.05, 0.1) is 11.9 Å². The number of hydrogen-bond acceptors (Lipinski definition) is 4. The largest absolute Gasteiger partial charge is 0.368 e. The zero-order chi connectivity index (χ0) is 13.4. The molecule has 2 bridgehead atoms. The molecule has 2 fully saturated rings. The average Bonchev–Trinajstić information content (AvgIpc) is 2.86. The molecule has 4 heterocycles. The van der Waals surface area contributed by atoms with Gasteiger partial charge < -0.3 is 10.2 Å². The zero-order valence-corrected chi connectivity index (χ0v) is 11.4. The van der Waals surface area contributed by atoms with Crippen molar-refractivity contribution in [1.82, 2.24) is 15.3 Å². The molecule has 2 aromatic rings. The fraction of sp³-hybridized carbons (Fsp3) is 0.375. The van der Waals surface area contributed by atoms with Crippen molar-refractivity contribution in [2.75, 3.05) is 24.5 Å². The van der Waals surface area contributed by atoms with Gasteiger partial charge in [0.1, 0.15) is 0 Å². The van der Waals surface area contributed by atoms with Crippen molar-refractivity contribution in [1.29, 1.82) is 0 Å². The second kappa shape index (κ2) is 4.87. The van der Waals surface area contributed by atoms with Crippen LogP contribution in [0, 0.1) is 5.92 Å². The number of nitrogens with one attached hydrogen (secondary N) is 1. The molecular weight excluding hydrogens is 248 g/mol. The lowest BCUT2D eigenvalue weighted by Gasteiger charge is -2.32. The van der Waals surface area contributed by atoms with Crippen LogP contribution in [0.4, 0.5) is 5.69 Å². The summed E-state index contributed by atoms with van der Waals surface area (Å²) in [5, 5.41) is 3.59. The first-order chi connectivity index (χ1) is 9.88. The van der Waals surface area contributed by atoms with E-state index in [-0.39, 0.29) is 0 Å². The van der Waals surface area contributed by atoms with Gasteiger partial charge in [-0.25, -0.2) is 0 Å². The van der Waals surface area contributed by atoms with Crippen molar-refractivity contribution in [3.63, 3.8) is 0 Å². The predicted molar refractivity (Wildman–Crippen MR) is 79.6 cm³/mol. The summed E-state index contributed by atoms with van der Waals surface area (Å²) in [7, 11) is 0. The highest BCUT2D eigenvalue weighted by molar-refractivity contribution is 5.66. The zero-order valence-electron chi connectivity index (χ0n) is 11.4. The van der Waals surface area contributed by atoms with Gasteiger partial charge in [0.25, 0.3) is 0 Å². The third-order valence-corrected chi connectivity index (χ3v) is 4.32. The molecule has 2 atom stereocenters. The van der Waals surface area contributed by atoms with E-state index >= 15 is 0 Å². The smallest absolute Gasteiger partial charge is 0.0559 e. The number of nitrogens with zero attached hydrogens (tertiary/aromatic N) is 3. The third kappa shape index (κ3) is 2.16. The summed E-state index contributed by atoms with van der Waals surface area (Å²) >= 11 is 0. The first kappa shape index (κ1) is 11.9. The molecule has 0 amide bonds. The van der Waals surface area contributed by atoms with Crippen LogP contribution in [0.5, 0.6) is 0 Å². The number of piperidine rings is 1. The highest BCUT2D eigenvalue weighted by Gasteiger charge is 2.32. The maximum Gasteiger partial charge on any atom is 0.0559 e. The molecule has 4 nitrogen and oxygen atoms in total. The summed E-state index contributed by atoms with van der Waals surface area (Å²) in [6.07, 6.45) is 8.91. The van der Waals surface area contributed by atoms with E-state index in [4.69, 9.17) is 0 Å². The molecule has 2 saturated heterocycles. The topological polar surface area (TPSA) is 41.1 Å². The first-order valence-corrected chi connectivity index (χ1v) is 7.22. The standard InChI is InChI=1S/C16H18N4/c1-2-13(7-17-3-1)14-5-16(9-18-8-14)20-10-12-4-15(11-20)19-6-12/h1-3,5,7-9,12,15,19H,4,6,10-11H2. The maximum atomic E-state index is 4.42. The van der Waals surface area contributed by atoms with Crippen LogP contribution in [-0.4, -0.2) is 35.6 Å². The minimum Gasteiger partial charge on any atom is -0.368 e. The quantitative estimate of drug-likeness (QED) is 0.902. The van der Waals surface area contributed by atoms with Crippen LogP contribution in [0.2, 0.25) is 0 Å². The Morgan fingerprint density at radius 1 is 1.10 bits per heavy atom. The van der Waals surface area contributed by atoms with Gasteiger partial charge in [-0.1, -0.05) is 6.07 Å². The van der Waals surface area contributed by atoms with Gasteiger partial charge in [-0.2, -0.15) is 0 Å². The lowest BCUT2D eigenvalue weighted by atomic mass is 9.99. The molecule has 0 aliphatic carbocycles. The highest BCUT2D eigenvalue weighted by Crippen LogP contribution is 2.28. The summed E-state index contributed by atoms with van der Waals surface area (Å²) in [5.74, 6) is 0.788. The second-order valence-corrected chi connectivity index (χ2v) is 5.79. The van der Waals surface area contributed by atoms with Crippen molar-refractivity contribution in [2.45, 2.75) is 12.5 Å². The molecule has 0 aromatic carbocycles. The molecule has 4 heteroatoms. The van der Waals surface area contributed by atoms with Crippen molar-refractivity contribution >= 4 is 5.69 Å². The van der Waals surface area contributed by atoms with E-state index in [9.17, 15) is 0 Å². The lowest BCUT2D eigenvalue weighted by molar-refractivity contribution is 0.474. The average molecular weight is 266 g/mol. The number of rotatable bonds is 2. The lowest BCUT2D eigenvalue weighted by Crippen LogP contribution is -2.41. The number of hydrogen-bond donors (Lipinski definition) is 1. The predicted octanol–water partition coefficient (Wildman–Crippen LogP) is 1.94. The van der Waals surface area contributed by atoms with Crippen LogP contribution in [0.1, 0.15) is 6.42 Å². The molecule has 20 heavy (non-hydrogen) atoms. The van der Waals surface area contributed by atoms with Gasteiger partial charge in [0.15, 0.2) is 0 Å². The molecule has 2 aliphatic rings. The van der Waals surface area contributed by atoms with Gasteiger partial charge in [0.2, 0.25) is 0 Å². The molecule has 102 valence electrons. The number of aromatic nitrogens is 2. The Labute approximate surface area is 118 Å². The summed E-state index contributed by atoms with van der Waals surface area (Å²) in [6, 6.07) is 6.92. The van der Waals surface area contributed by atoms with Gasteiger partial charge in [-0.05, 0) is 24.5 Å². The van der Waals surface area contributed by atoms with Crippen LogP contribution >= 0.6 is 0 Å². The normalized spacial score (nSPS) is 24.9. The van der Waals surface area contributed by atoms with Crippen molar-refractivity contribution in [3.8, 4) is 11.1 Å². The molecule has 2 aromatic heterocycles. The van der Waals surface area contributed by atoms with Crippen LogP contribution in [0.3, 0.4) is 0 Å². The fourth-order valence-corrected chi connectivity index (χ4v) is 3.34. The molecular formula is C16H18N4. The van der Waals surface area contributed by atoms with Gasteiger partial charge in [-0.15, -0.1) is 0 Å². The number of fused-ring (bicyclic) bond motifs is 2. The third-order valence-electron chi connectivity index (χ3n) is 4.32. The molecule has 4 rings (SSSR count). The van der Waals surface area contributed by atoms with E-state index in [1.165, 1.54) is 12.1 Å². The van der Waals surface area contributed by atoms with Gasteiger partial charge in [-0.3, -0.25) is 9.97 Å². The van der Waals surface area contributed by atoms with E-state index in [1.54, 1.807) is 6.20 Å². The van der Waals surface area contributed by atoms with Crippen LogP contribution in [0.15, 0.2) is 43.0 Å². The van der Waals surface area contributed by atoms with Gasteiger partial charge in [0, 0.05) is 55.4 Å². The molecule has 0 spiro atoms. The SMILES string of the molecule is c1cncc(-c2cncc(N3CC4CNC(C4)C3)c2)c1. The summed E-state index contributed by atoms with van der Waals surface area (Å²) in [6.45, 7) is 3.40. The van der Waals surface area contributed by atoms with E-state index in [1.807, 2.05) is 24.7 Å². The van der Waals surface area contributed by atoms with Crippen molar-refractivity contribution in [3.05, 3.63) is 43.0 Å². The van der Waals surface area contributed by atoms with Crippen LogP contribution in [-0.2, 0) is 0 Å². The summed E-state index contributed by atoms with van der Waals surface area (Å²) in [4.78, 5) is 11.1. The first-order valence-electron chi connectivity index (χ1n) is 7.22. The Morgan fingerprint density at radius 2 is 2.05 bits per heavy atom.